The Kier molecular flexibility index (Phi) is 5.38. The van der Waals surface area contributed by atoms with Crippen LogP contribution in [-0.4, -0.2) is 21.1 Å². The third kappa shape index (κ3) is 4.72. The minimum atomic E-state index is -3.80. The molecule has 5 nitrogen and oxygen atoms in total. The summed E-state index contributed by atoms with van der Waals surface area (Å²) in [6.45, 7) is 3.77. The van der Waals surface area contributed by atoms with E-state index in [9.17, 15) is 12.8 Å². The predicted octanol–water partition coefficient (Wildman–Crippen LogP) is 4.21. The topological polar surface area (TPSA) is 64.6 Å². The lowest BCUT2D eigenvalue weighted by atomic mass is 9.90. The Balaban J connectivity index is 1.87. The van der Waals surface area contributed by atoms with Crippen LogP contribution in [0.15, 0.2) is 36.4 Å². The third-order valence-electron chi connectivity index (χ3n) is 4.36. The Labute approximate surface area is 163 Å². The molecule has 1 aliphatic rings. The van der Waals surface area contributed by atoms with Crippen molar-refractivity contribution < 1.29 is 22.3 Å². The van der Waals surface area contributed by atoms with E-state index in [4.69, 9.17) is 21.1 Å². The summed E-state index contributed by atoms with van der Waals surface area (Å²) >= 11 is 5.73. The van der Waals surface area contributed by atoms with E-state index in [0.717, 1.165) is 11.6 Å². The highest BCUT2D eigenvalue weighted by atomic mass is 35.5. The molecule has 146 valence electrons. The van der Waals surface area contributed by atoms with Crippen molar-refractivity contribution in [2.24, 2.45) is 0 Å². The number of hydrogen-bond acceptors (Lipinski definition) is 4. The molecule has 1 unspecified atom stereocenters. The molecule has 3 rings (SSSR count). The van der Waals surface area contributed by atoms with Gasteiger partial charge in [0.25, 0.3) is 0 Å². The normalized spacial score (nSPS) is 18.5. The summed E-state index contributed by atoms with van der Waals surface area (Å²) in [5, 5.41) is 0.218. The quantitative estimate of drug-likeness (QED) is 0.797. The summed E-state index contributed by atoms with van der Waals surface area (Å²) in [7, 11) is -2.25. The van der Waals surface area contributed by atoms with E-state index in [2.05, 4.69) is 4.72 Å². The fraction of sp³-hybridized carbons (Fsp3) is 0.368. The highest BCUT2D eigenvalue weighted by molar-refractivity contribution is 7.88. The van der Waals surface area contributed by atoms with Gasteiger partial charge >= 0.3 is 0 Å². The second-order valence-corrected chi connectivity index (χ2v) is 9.33. The Morgan fingerprint density at radius 3 is 2.70 bits per heavy atom. The first-order valence-electron chi connectivity index (χ1n) is 8.39. The number of hydrogen-bond donors (Lipinski definition) is 1. The fourth-order valence-electron chi connectivity index (χ4n) is 3.17. The Hall–Kier alpha value is -1.83. The molecule has 0 fully saturated rings. The first kappa shape index (κ1) is 19.9. The predicted molar refractivity (Wildman–Crippen MR) is 102 cm³/mol. The molecule has 2 aromatic carbocycles. The monoisotopic (exact) mass is 413 g/mol. The lowest BCUT2D eigenvalue weighted by Crippen LogP contribution is -2.41. The second-order valence-electron chi connectivity index (χ2n) is 7.13. The molecule has 2 aromatic rings. The van der Waals surface area contributed by atoms with E-state index >= 15 is 0 Å². The van der Waals surface area contributed by atoms with E-state index in [1.54, 1.807) is 25.3 Å². The molecule has 0 saturated heterocycles. The maximum Gasteiger partial charge on any atom is 0.216 e. The van der Waals surface area contributed by atoms with E-state index in [0.29, 0.717) is 17.9 Å². The summed E-state index contributed by atoms with van der Waals surface area (Å²) in [6, 6.07) is 8.72. The Morgan fingerprint density at radius 1 is 1.30 bits per heavy atom. The van der Waals surface area contributed by atoms with Crippen molar-refractivity contribution in [3.8, 4) is 11.5 Å². The molecular formula is C19H21ClFNO4S. The lowest BCUT2D eigenvalue weighted by molar-refractivity contribution is 0.0698. The van der Waals surface area contributed by atoms with E-state index in [-0.39, 0.29) is 10.6 Å². The third-order valence-corrected chi connectivity index (χ3v) is 5.93. The van der Waals surface area contributed by atoms with Crippen LogP contribution in [0.5, 0.6) is 11.5 Å². The van der Waals surface area contributed by atoms with Gasteiger partial charge in [0.2, 0.25) is 10.0 Å². The zero-order chi connectivity index (χ0) is 19.8. The minimum Gasteiger partial charge on any atom is -0.497 e. The largest absolute Gasteiger partial charge is 0.497 e. The van der Waals surface area contributed by atoms with E-state index in [1.165, 1.54) is 12.1 Å². The van der Waals surface area contributed by atoms with Crippen LogP contribution in [0.3, 0.4) is 0 Å². The average molecular weight is 414 g/mol. The molecule has 1 N–H and O–H groups in total. The highest BCUT2D eigenvalue weighted by Gasteiger charge is 2.36. The number of methoxy groups -OCH3 is 1. The average Bonchev–Trinajstić information content (AvgIpc) is 2.55. The number of fused-ring (bicyclic) bond motifs is 1. The van der Waals surface area contributed by atoms with Crippen molar-refractivity contribution in [1.82, 2.24) is 4.72 Å². The molecule has 1 heterocycles. The summed E-state index contributed by atoms with van der Waals surface area (Å²) in [5.41, 5.74) is 0.210. The molecule has 0 amide bonds. The molecule has 0 radical (unpaired) electrons. The standard InChI is InChI=1S/C19H21ClFNO4S/c1-19(2)10-17(15-7-6-14(25-3)9-18(15)26-19)22-27(23,24)11-12-4-5-13(20)8-16(12)21/h4-9,17,22H,10-11H2,1-3H3. The fourth-order valence-corrected chi connectivity index (χ4v) is 4.70. The highest BCUT2D eigenvalue weighted by Crippen LogP contribution is 2.41. The number of ether oxygens (including phenoxy) is 2. The van der Waals surface area contributed by atoms with Gasteiger partial charge in [0, 0.05) is 28.6 Å². The Morgan fingerprint density at radius 2 is 2.04 bits per heavy atom. The maximum absolute atomic E-state index is 14.0. The number of sulfonamides is 1. The van der Waals surface area contributed by atoms with Crippen LogP contribution in [0.2, 0.25) is 5.02 Å². The van der Waals surface area contributed by atoms with Crippen molar-refractivity contribution in [3.05, 3.63) is 58.4 Å². The molecule has 0 aromatic heterocycles. The SMILES string of the molecule is COc1ccc2c(c1)OC(C)(C)CC2NS(=O)(=O)Cc1ccc(Cl)cc1F. The van der Waals surface area contributed by atoms with Crippen molar-refractivity contribution >= 4 is 21.6 Å². The van der Waals surface area contributed by atoms with Gasteiger partial charge in [-0.1, -0.05) is 23.7 Å². The Bertz CT molecular complexity index is 962. The first-order chi connectivity index (χ1) is 12.6. The zero-order valence-corrected chi connectivity index (χ0v) is 16.8. The molecule has 0 aliphatic carbocycles. The first-order valence-corrected chi connectivity index (χ1v) is 10.4. The molecule has 27 heavy (non-hydrogen) atoms. The van der Waals surface area contributed by atoms with Crippen molar-refractivity contribution in [1.29, 1.82) is 0 Å². The number of halogens is 2. The van der Waals surface area contributed by atoms with Crippen molar-refractivity contribution in [2.45, 2.75) is 37.7 Å². The molecule has 1 aliphatic heterocycles. The maximum atomic E-state index is 14.0. The van der Waals surface area contributed by atoms with Crippen LogP contribution in [0, 0.1) is 5.82 Å². The zero-order valence-electron chi connectivity index (χ0n) is 15.3. The van der Waals surface area contributed by atoms with Crippen LogP contribution in [0.1, 0.15) is 37.4 Å². The van der Waals surface area contributed by atoms with Crippen LogP contribution >= 0.6 is 11.6 Å². The number of rotatable bonds is 5. The molecule has 0 spiro atoms. The van der Waals surface area contributed by atoms with Gasteiger partial charge in [-0.3, -0.25) is 0 Å². The number of nitrogens with one attached hydrogen (secondary N) is 1. The van der Waals surface area contributed by atoms with Gasteiger partial charge in [0.05, 0.1) is 18.9 Å². The van der Waals surface area contributed by atoms with Gasteiger partial charge < -0.3 is 9.47 Å². The molecule has 1 atom stereocenters. The van der Waals surface area contributed by atoms with E-state index in [1.807, 2.05) is 13.8 Å². The molecule has 0 bridgehead atoms. The summed E-state index contributed by atoms with van der Waals surface area (Å²) in [5.74, 6) is 0.0665. The van der Waals surface area contributed by atoms with Crippen LogP contribution < -0.4 is 14.2 Å². The van der Waals surface area contributed by atoms with Gasteiger partial charge in [-0.25, -0.2) is 17.5 Å². The van der Waals surface area contributed by atoms with Gasteiger partial charge in [0.1, 0.15) is 22.9 Å². The summed E-state index contributed by atoms with van der Waals surface area (Å²) in [4.78, 5) is 0. The minimum absolute atomic E-state index is 0.0631. The summed E-state index contributed by atoms with van der Waals surface area (Å²) in [6.07, 6.45) is 0.439. The van der Waals surface area contributed by atoms with Crippen LogP contribution in [0.4, 0.5) is 4.39 Å². The second kappa shape index (κ2) is 7.30. The van der Waals surface area contributed by atoms with Gasteiger partial charge in [-0.05, 0) is 32.0 Å². The van der Waals surface area contributed by atoms with Crippen molar-refractivity contribution in [2.75, 3.05) is 7.11 Å². The van der Waals surface area contributed by atoms with Gasteiger partial charge in [0.15, 0.2) is 0 Å². The number of benzene rings is 2. The smallest absolute Gasteiger partial charge is 0.216 e. The molecule has 0 saturated carbocycles. The van der Waals surface area contributed by atoms with Gasteiger partial charge in [-0.15, -0.1) is 0 Å². The molecular weight excluding hydrogens is 393 g/mol. The summed E-state index contributed by atoms with van der Waals surface area (Å²) < 4.78 is 53.2. The molecule has 8 heteroatoms. The lowest BCUT2D eigenvalue weighted by Gasteiger charge is -2.37. The van der Waals surface area contributed by atoms with Crippen molar-refractivity contribution in [3.63, 3.8) is 0 Å². The van der Waals surface area contributed by atoms with Gasteiger partial charge in [-0.2, -0.15) is 0 Å². The van der Waals surface area contributed by atoms with E-state index < -0.39 is 33.2 Å². The van der Waals surface area contributed by atoms with Crippen LogP contribution in [-0.2, 0) is 15.8 Å². The van der Waals surface area contributed by atoms with Crippen LogP contribution in [0.25, 0.3) is 0 Å².